The van der Waals surface area contributed by atoms with Crippen LogP contribution in [-0.2, 0) is 14.3 Å². The molecular formula is C15H16Cl3NO5. The van der Waals surface area contributed by atoms with Crippen LogP contribution in [0.25, 0.3) is 0 Å². The van der Waals surface area contributed by atoms with Gasteiger partial charge in [0, 0.05) is 0 Å². The highest BCUT2D eigenvalue weighted by Gasteiger charge is 2.54. The Labute approximate surface area is 154 Å². The second-order valence-corrected chi connectivity index (χ2v) is 8.23. The molecule has 0 spiro atoms. The number of carbonyl (C=O) groups excluding carboxylic acids is 1. The van der Waals surface area contributed by atoms with E-state index in [0.29, 0.717) is 5.56 Å². The fourth-order valence-corrected chi connectivity index (χ4v) is 2.77. The number of rotatable bonds is 3. The zero-order valence-corrected chi connectivity index (χ0v) is 15.2. The number of halogens is 3. The van der Waals surface area contributed by atoms with Gasteiger partial charge in [0.2, 0.25) is 3.79 Å². The predicted molar refractivity (Wildman–Crippen MR) is 89.2 cm³/mol. The van der Waals surface area contributed by atoms with E-state index in [1.165, 1.54) is 4.90 Å². The number of nitrogens with zero attached hydrogens (tertiary/aromatic N) is 1. The van der Waals surface area contributed by atoms with Crippen LogP contribution in [-0.4, -0.2) is 44.3 Å². The lowest BCUT2D eigenvalue weighted by atomic mass is 10.0. The van der Waals surface area contributed by atoms with Crippen molar-refractivity contribution >= 4 is 46.9 Å². The first-order valence-corrected chi connectivity index (χ1v) is 8.15. The summed E-state index contributed by atoms with van der Waals surface area (Å²) in [5, 5.41) is 9.47. The van der Waals surface area contributed by atoms with E-state index >= 15 is 0 Å². The van der Waals surface area contributed by atoms with E-state index in [9.17, 15) is 14.7 Å². The third-order valence-corrected chi connectivity index (χ3v) is 3.83. The number of ether oxygens (including phenoxy) is 2. The van der Waals surface area contributed by atoms with Crippen LogP contribution in [0.15, 0.2) is 30.3 Å². The van der Waals surface area contributed by atoms with Crippen molar-refractivity contribution in [1.82, 2.24) is 4.90 Å². The number of aliphatic carboxylic acids is 1. The van der Waals surface area contributed by atoms with Gasteiger partial charge in [-0.1, -0.05) is 65.1 Å². The Bertz CT molecular complexity index is 617. The van der Waals surface area contributed by atoms with Crippen molar-refractivity contribution < 1.29 is 24.2 Å². The first-order chi connectivity index (χ1) is 11.0. The lowest BCUT2D eigenvalue weighted by molar-refractivity contribution is -0.155. The zero-order valence-electron chi connectivity index (χ0n) is 12.9. The fourth-order valence-electron chi connectivity index (χ4n) is 2.61. The molecule has 0 aliphatic carbocycles. The molecule has 0 saturated carbocycles. The number of alkyl halides is 3. The van der Waals surface area contributed by atoms with E-state index < -0.39 is 40.3 Å². The van der Waals surface area contributed by atoms with E-state index in [1.807, 2.05) is 0 Å². The molecule has 6 nitrogen and oxygen atoms in total. The van der Waals surface area contributed by atoms with Gasteiger partial charge in [-0.25, -0.2) is 9.59 Å². The molecule has 2 rings (SSSR count). The Balaban J connectivity index is 2.36. The summed E-state index contributed by atoms with van der Waals surface area (Å²) in [6, 6.07) is 7.81. The number of carboxylic acids is 1. The molecule has 0 aromatic heterocycles. The maximum absolute atomic E-state index is 12.5. The molecule has 0 unspecified atom stereocenters. The van der Waals surface area contributed by atoms with Gasteiger partial charge in [0.15, 0.2) is 6.10 Å². The van der Waals surface area contributed by atoms with E-state index in [1.54, 1.807) is 44.2 Å². The second-order valence-electron chi connectivity index (χ2n) is 5.72. The lowest BCUT2D eigenvalue weighted by Crippen LogP contribution is -2.46. The number of hydrogen-bond donors (Lipinski definition) is 1. The molecule has 1 saturated heterocycles. The minimum absolute atomic E-state index is 0.470. The largest absolute Gasteiger partial charge is 0.479 e. The minimum Gasteiger partial charge on any atom is -0.479 e. The molecule has 1 amide bonds. The summed E-state index contributed by atoms with van der Waals surface area (Å²) < 4.78 is 8.82. The van der Waals surface area contributed by atoms with Gasteiger partial charge in [-0.3, -0.25) is 4.90 Å². The van der Waals surface area contributed by atoms with Gasteiger partial charge in [0.25, 0.3) is 0 Å². The molecule has 1 aliphatic heterocycles. The molecule has 1 aliphatic rings. The molecular weight excluding hydrogens is 381 g/mol. The van der Waals surface area contributed by atoms with Gasteiger partial charge >= 0.3 is 12.1 Å². The molecule has 9 heteroatoms. The van der Waals surface area contributed by atoms with Crippen molar-refractivity contribution in [2.45, 2.75) is 35.5 Å². The van der Waals surface area contributed by atoms with Crippen molar-refractivity contribution in [2.75, 3.05) is 6.61 Å². The van der Waals surface area contributed by atoms with Crippen molar-refractivity contribution in [3.05, 3.63) is 35.9 Å². The zero-order chi connectivity index (χ0) is 18.1. The summed E-state index contributed by atoms with van der Waals surface area (Å²) in [7, 11) is 0. The number of hydrogen-bond acceptors (Lipinski definition) is 4. The molecule has 1 aromatic rings. The van der Waals surface area contributed by atoms with E-state index in [0.717, 1.165) is 0 Å². The maximum Gasteiger partial charge on any atom is 0.412 e. The van der Waals surface area contributed by atoms with Gasteiger partial charge in [0.1, 0.15) is 18.4 Å². The van der Waals surface area contributed by atoms with Crippen LogP contribution in [0.1, 0.15) is 25.5 Å². The van der Waals surface area contributed by atoms with Crippen LogP contribution in [0.2, 0.25) is 0 Å². The Morgan fingerprint density at radius 3 is 2.38 bits per heavy atom. The van der Waals surface area contributed by atoms with Gasteiger partial charge in [-0.15, -0.1) is 0 Å². The summed E-state index contributed by atoms with van der Waals surface area (Å²) in [5.74, 6) is -1.19. The Morgan fingerprint density at radius 1 is 1.29 bits per heavy atom. The minimum atomic E-state index is -1.77. The van der Waals surface area contributed by atoms with E-state index in [4.69, 9.17) is 44.3 Å². The van der Waals surface area contributed by atoms with Crippen LogP contribution in [0.5, 0.6) is 0 Å². The third-order valence-electron chi connectivity index (χ3n) is 3.50. The first kappa shape index (κ1) is 19.1. The smallest absolute Gasteiger partial charge is 0.412 e. The number of amides is 1. The topological polar surface area (TPSA) is 76.1 Å². The lowest BCUT2D eigenvalue weighted by Gasteiger charge is -2.33. The molecule has 1 heterocycles. The molecule has 1 N–H and O–H groups in total. The van der Waals surface area contributed by atoms with Crippen LogP contribution in [0.3, 0.4) is 0 Å². The highest BCUT2D eigenvalue weighted by molar-refractivity contribution is 6.67. The monoisotopic (exact) mass is 395 g/mol. The molecule has 24 heavy (non-hydrogen) atoms. The molecule has 0 radical (unpaired) electrons. The first-order valence-electron chi connectivity index (χ1n) is 7.01. The Hall–Kier alpha value is -1.21. The SMILES string of the molecule is CC1(C)O[C@@H](C(=O)O)[C@H](c2ccccc2)N1C(=O)OCC(Cl)(Cl)Cl. The van der Waals surface area contributed by atoms with Crippen molar-refractivity contribution in [2.24, 2.45) is 0 Å². The Morgan fingerprint density at radius 2 is 1.88 bits per heavy atom. The quantitative estimate of drug-likeness (QED) is 0.787. The molecule has 2 atom stereocenters. The number of carboxylic acid groups (broad SMARTS) is 1. The van der Waals surface area contributed by atoms with Crippen molar-refractivity contribution in [3.63, 3.8) is 0 Å². The maximum atomic E-state index is 12.5. The molecule has 132 valence electrons. The van der Waals surface area contributed by atoms with E-state index in [-0.39, 0.29) is 0 Å². The summed E-state index contributed by atoms with van der Waals surface area (Å²) in [5.41, 5.74) is -0.616. The second kappa shape index (κ2) is 6.96. The van der Waals surface area contributed by atoms with Gasteiger partial charge < -0.3 is 14.6 Å². The van der Waals surface area contributed by atoms with Crippen LogP contribution in [0.4, 0.5) is 4.79 Å². The average molecular weight is 397 g/mol. The highest BCUT2D eigenvalue weighted by Crippen LogP contribution is 2.42. The fraction of sp³-hybridized carbons (Fsp3) is 0.467. The van der Waals surface area contributed by atoms with E-state index in [2.05, 4.69) is 0 Å². The summed E-state index contributed by atoms with van der Waals surface area (Å²) >= 11 is 16.8. The summed E-state index contributed by atoms with van der Waals surface area (Å²) in [6.45, 7) is 2.67. The van der Waals surface area contributed by atoms with Gasteiger partial charge in [-0.2, -0.15) is 0 Å². The summed E-state index contributed by atoms with van der Waals surface area (Å²) in [6.07, 6.45) is -2.08. The van der Waals surface area contributed by atoms with Gasteiger partial charge in [0.05, 0.1) is 0 Å². The third kappa shape index (κ3) is 4.25. The van der Waals surface area contributed by atoms with Crippen molar-refractivity contribution in [3.8, 4) is 0 Å². The number of carbonyl (C=O) groups is 2. The standard InChI is InChI=1S/C15H16Cl3NO5/c1-14(2)19(13(22)23-8-15(16,17)18)10(11(24-14)12(20)21)9-6-4-3-5-7-9/h3-7,10-11H,8H2,1-2H3,(H,20,21)/t10-,11+/m0/s1. The van der Waals surface area contributed by atoms with Crippen LogP contribution in [0, 0.1) is 0 Å². The average Bonchev–Trinajstić information content (AvgIpc) is 2.77. The summed E-state index contributed by atoms with van der Waals surface area (Å²) in [4.78, 5) is 25.3. The normalized spacial score (nSPS) is 23.1. The van der Waals surface area contributed by atoms with Crippen molar-refractivity contribution in [1.29, 1.82) is 0 Å². The molecule has 0 bridgehead atoms. The predicted octanol–water partition coefficient (Wildman–Crippen LogP) is 3.76. The molecule has 1 fully saturated rings. The van der Waals surface area contributed by atoms with Crippen LogP contribution >= 0.6 is 34.8 Å². The number of benzene rings is 1. The van der Waals surface area contributed by atoms with Crippen LogP contribution < -0.4 is 0 Å². The highest BCUT2D eigenvalue weighted by atomic mass is 35.6. The molecule has 1 aromatic carbocycles. The Kier molecular flexibility index (Phi) is 5.54. The van der Waals surface area contributed by atoms with Gasteiger partial charge in [-0.05, 0) is 19.4 Å².